The van der Waals surface area contributed by atoms with Crippen LogP contribution in [0, 0.1) is 11.8 Å². The normalized spacial score (nSPS) is 19.6. The van der Waals surface area contributed by atoms with E-state index in [1.165, 1.54) is 0 Å². The van der Waals surface area contributed by atoms with E-state index in [-0.39, 0.29) is 12.7 Å². The number of piperidine rings is 1. The van der Waals surface area contributed by atoms with E-state index in [0.717, 1.165) is 60.0 Å². The number of nitrogens with one attached hydrogen (secondary N) is 2. The van der Waals surface area contributed by atoms with Crippen molar-refractivity contribution in [2.45, 2.75) is 25.8 Å². The Labute approximate surface area is 187 Å². The molecule has 3 aromatic rings. The number of rotatable bonds is 7. The van der Waals surface area contributed by atoms with Crippen LogP contribution in [0.2, 0.25) is 0 Å². The summed E-state index contributed by atoms with van der Waals surface area (Å²) >= 11 is 0. The molecule has 2 atom stereocenters. The Kier molecular flexibility index (Phi) is 6.07. The Bertz CT molecular complexity index is 1070. The Balaban J connectivity index is 1.16. The molecule has 2 aliphatic heterocycles. The quantitative estimate of drug-likeness (QED) is 0.593. The first-order valence-corrected chi connectivity index (χ1v) is 11.1. The molecular weight excluding hydrogens is 406 g/mol. The van der Waals surface area contributed by atoms with Crippen LogP contribution in [0.3, 0.4) is 0 Å². The molecule has 2 N–H and O–H groups in total. The maximum Gasteiger partial charge on any atom is 0.231 e. The topological polar surface area (TPSA) is 85.6 Å². The highest BCUT2D eigenvalue weighted by molar-refractivity contribution is 5.76. The second-order valence-electron chi connectivity index (χ2n) is 8.43. The average Bonchev–Trinajstić information content (AvgIpc) is 3.49. The number of amides is 1. The lowest BCUT2D eigenvalue weighted by Gasteiger charge is -2.31. The van der Waals surface area contributed by atoms with Gasteiger partial charge >= 0.3 is 0 Å². The lowest BCUT2D eigenvalue weighted by atomic mass is 9.81. The number of nitrogens with zero attached hydrogens (tertiary/aromatic N) is 1. The van der Waals surface area contributed by atoms with Gasteiger partial charge in [0.15, 0.2) is 17.3 Å². The van der Waals surface area contributed by atoms with Crippen LogP contribution in [0.1, 0.15) is 24.1 Å². The van der Waals surface area contributed by atoms with Crippen molar-refractivity contribution >= 4 is 5.91 Å². The molecule has 0 spiro atoms. The fraction of sp³-hybridized carbons (Fsp3) is 0.360. The van der Waals surface area contributed by atoms with Gasteiger partial charge in [-0.1, -0.05) is 41.6 Å². The molecule has 1 amide bonds. The van der Waals surface area contributed by atoms with Gasteiger partial charge in [0.1, 0.15) is 0 Å². The average molecular weight is 434 g/mol. The molecule has 0 aliphatic carbocycles. The van der Waals surface area contributed by atoms with Crippen molar-refractivity contribution in [1.82, 2.24) is 15.8 Å². The summed E-state index contributed by atoms with van der Waals surface area (Å²) in [6, 6.07) is 17.8. The van der Waals surface area contributed by atoms with Gasteiger partial charge in [-0.05, 0) is 55.5 Å². The fourth-order valence-corrected chi connectivity index (χ4v) is 4.46. The van der Waals surface area contributed by atoms with Gasteiger partial charge in [-0.2, -0.15) is 0 Å². The first-order chi connectivity index (χ1) is 15.7. The van der Waals surface area contributed by atoms with E-state index < -0.39 is 0 Å². The van der Waals surface area contributed by atoms with Crippen LogP contribution in [-0.2, 0) is 17.8 Å². The zero-order valence-corrected chi connectivity index (χ0v) is 17.9. The van der Waals surface area contributed by atoms with Crippen molar-refractivity contribution in [2.24, 2.45) is 11.8 Å². The van der Waals surface area contributed by atoms with Crippen LogP contribution in [0.25, 0.3) is 11.3 Å². The molecule has 7 nitrogen and oxygen atoms in total. The lowest BCUT2D eigenvalue weighted by molar-refractivity contribution is -0.122. The summed E-state index contributed by atoms with van der Waals surface area (Å²) in [6.45, 7) is 2.55. The zero-order valence-electron chi connectivity index (χ0n) is 17.9. The van der Waals surface area contributed by atoms with Crippen LogP contribution < -0.4 is 20.1 Å². The summed E-state index contributed by atoms with van der Waals surface area (Å²) in [5.74, 6) is 2.99. The minimum Gasteiger partial charge on any atom is -0.454 e. The first-order valence-electron chi connectivity index (χ1n) is 11.1. The van der Waals surface area contributed by atoms with Gasteiger partial charge in [-0.25, -0.2) is 0 Å². The molecule has 166 valence electrons. The molecule has 5 rings (SSSR count). The first kappa shape index (κ1) is 20.6. The molecular formula is C25H27N3O4. The maximum absolute atomic E-state index is 12.7. The van der Waals surface area contributed by atoms with E-state index in [1.54, 1.807) is 0 Å². The standard InChI is InChI=1S/C25H27N3O4/c29-25(27-14-17-6-7-22-24(10-17)31-16-30-22)12-19-8-9-26-15-20(19)11-21-13-23(32-28-21)18-4-2-1-3-5-18/h1-7,10,13,19-20,26H,8-9,11-12,14-16H2,(H,27,29)/t19-,20+/m0/s1. The minimum atomic E-state index is 0.0738. The molecule has 0 saturated carbocycles. The third-order valence-electron chi connectivity index (χ3n) is 6.23. The predicted octanol–water partition coefficient (Wildman–Crippen LogP) is 3.55. The molecule has 2 aliphatic rings. The zero-order chi connectivity index (χ0) is 21.8. The van der Waals surface area contributed by atoms with E-state index in [0.29, 0.717) is 24.8 Å². The van der Waals surface area contributed by atoms with Crippen molar-refractivity contribution in [1.29, 1.82) is 0 Å². The highest BCUT2D eigenvalue weighted by Crippen LogP contribution is 2.32. The van der Waals surface area contributed by atoms with Gasteiger partial charge in [0, 0.05) is 24.6 Å². The van der Waals surface area contributed by atoms with Crippen molar-refractivity contribution in [2.75, 3.05) is 19.9 Å². The number of benzene rings is 2. The number of fused-ring (bicyclic) bond motifs is 1. The van der Waals surface area contributed by atoms with Crippen molar-refractivity contribution in [3.8, 4) is 22.8 Å². The third kappa shape index (κ3) is 4.78. The Morgan fingerprint density at radius 3 is 2.84 bits per heavy atom. The molecule has 0 unspecified atom stereocenters. The molecule has 1 aromatic heterocycles. The van der Waals surface area contributed by atoms with Crippen LogP contribution in [0.4, 0.5) is 0 Å². The number of hydrogen-bond acceptors (Lipinski definition) is 6. The second-order valence-corrected chi connectivity index (χ2v) is 8.43. The molecule has 3 heterocycles. The van der Waals surface area contributed by atoms with E-state index in [9.17, 15) is 4.79 Å². The van der Waals surface area contributed by atoms with Crippen LogP contribution in [0.5, 0.6) is 11.5 Å². The lowest BCUT2D eigenvalue weighted by Crippen LogP contribution is -2.40. The summed E-state index contributed by atoms with van der Waals surface area (Å²) in [7, 11) is 0. The minimum absolute atomic E-state index is 0.0738. The highest BCUT2D eigenvalue weighted by atomic mass is 16.7. The van der Waals surface area contributed by atoms with Crippen LogP contribution in [0.15, 0.2) is 59.1 Å². The molecule has 0 bridgehead atoms. The predicted molar refractivity (Wildman–Crippen MR) is 119 cm³/mol. The van der Waals surface area contributed by atoms with Crippen molar-refractivity contribution < 1.29 is 18.8 Å². The summed E-state index contributed by atoms with van der Waals surface area (Å²) < 4.78 is 16.3. The molecule has 7 heteroatoms. The molecule has 1 fully saturated rings. The van der Waals surface area contributed by atoms with Gasteiger partial charge in [0.2, 0.25) is 12.7 Å². The van der Waals surface area contributed by atoms with E-state index in [1.807, 2.05) is 54.6 Å². The number of hydrogen-bond donors (Lipinski definition) is 2. The van der Waals surface area contributed by atoms with Crippen LogP contribution >= 0.6 is 0 Å². The maximum atomic E-state index is 12.7. The summed E-state index contributed by atoms with van der Waals surface area (Å²) in [5.41, 5.74) is 2.95. The Hall–Kier alpha value is -3.32. The van der Waals surface area contributed by atoms with E-state index in [4.69, 9.17) is 14.0 Å². The summed E-state index contributed by atoms with van der Waals surface area (Å²) in [6.07, 6.45) is 2.29. The second kappa shape index (κ2) is 9.44. The van der Waals surface area contributed by atoms with Gasteiger partial charge in [-0.3, -0.25) is 4.79 Å². The number of carbonyl (C=O) groups is 1. The van der Waals surface area contributed by atoms with Gasteiger partial charge < -0.3 is 24.6 Å². The largest absolute Gasteiger partial charge is 0.454 e. The van der Waals surface area contributed by atoms with Gasteiger partial charge in [0.25, 0.3) is 0 Å². The molecule has 32 heavy (non-hydrogen) atoms. The van der Waals surface area contributed by atoms with E-state index in [2.05, 4.69) is 15.8 Å². The number of ether oxygens (including phenoxy) is 2. The molecule has 1 saturated heterocycles. The Morgan fingerprint density at radius 2 is 1.94 bits per heavy atom. The van der Waals surface area contributed by atoms with Crippen molar-refractivity contribution in [3.05, 3.63) is 65.9 Å². The van der Waals surface area contributed by atoms with Gasteiger partial charge in [0.05, 0.1) is 5.69 Å². The fourth-order valence-electron chi connectivity index (χ4n) is 4.46. The number of aromatic nitrogens is 1. The summed E-state index contributed by atoms with van der Waals surface area (Å²) in [5, 5.41) is 10.8. The SMILES string of the molecule is O=C(C[C@@H]1CCNC[C@H]1Cc1cc(-c2ccccc2)on1)NCc1ccc2c(c1)OCO2. The Morgan fingerprint density at radius 1 is 1.06 bits per heavy atom. The molecule has 0 radical (unpaired) electrons. The van der Waals surface area contributed by atoms with Crippen LogP contribution in [-0.4, -0.2) is 30.9 Å². The molecule has 2 aromatic carbocycles. The summed E-state index contributed by atoms with van der Waals surface area (Å²) in [4.78, 5) is 12.7. The monoisotopic (exact) mass is 433 g/mol. The van der Waals surface area contributed by atoms with Gasteiger partial charge in [-0.15, -0.1) is 0 Å². The van der Waals surface area contributed by atoms with Crippen molar-refractivity contribution in [3.63, 3.8) is 0 Å². The smallest absolute Gasteiger partial charge is 0.231 e. The van der Waals surface area contributed by atoms with E-state index >= 15 is 0 Å². The highest BCUT2D eigenvalue weighted by Gasteiger charge is 2.28. The third-order valence-corrected chi connectivity index (χ3v) is 6.23. The number of carbonyl (C=O) groups excluding carboxylic acids is 1.